The second kappa shape index (κ2) is 8.14. The van der Waals surface area contributed by atoms with Gasteiger partial charge < -0.3 is 14.2 Å². The number of aromatic nitrogens is 1. The second-order valence-corrected chi connectivity index (χ2v) is 6.02. The van der Waals surface area contributed by atoms with Crippen LogP contribution < -0.4 is 0 Å². The minimum Gasteiger partial charge on any atom is -0.462 e. The summed E-state index contributed by atoms with van der Waals surface area (Å²) < 4.78 is 24.6. The molecule has 0 unspecified atom stereocenters. The lowest BCUT2D eigenvalue weighted by Crippen LogP contribution is -2.12. The van der Waals surface area contributed by atoms with Gasteiger partial charge in [-0.25, -0.2) is 9.18 Å². The molecule has 0 aliphatic heterocycles. The van der Waals surface area contributed by atoms with Gasteiger partial charge in [-0.05, 0) is 26.0 Å². The first-order valence-electron chi connectivity index (χ1n) is 7.78. The van der Waals surface area contributed by atoms with E-state index in [1.54, 1.807) is 25.9 Å². The predicted octanol–water partition coefficient (Wildman–Crippen LogP) is 3.80. The molecular weight excluding hydrogens is 363 g/mol. The fourth-order valence-corrected chi connectivity index (χ4v) is 2.58. The third-order valence-electron chi connectivity index (χ3n) is 3.38. The lowest BCUT2D eigenvalue weighted by atomic mass is 10.0. The van der Waals surface area contributed by atoms with Crippen LogP contribution in [0.25, 0.3) is 16.8 Å². The summed E-state index contributed by atoms with van der Waals surface area (Å²) in [5.74, 6) is -1.92. The van der Waals surface area contributed by atoms with Crippen LogP contribution in [0.4, 0.5) is 4.39 Å². The SMILES string of the molecule is CCOC(=O)c1c(-c2c(F)cccc2Cl)noc1/C(=C/N(C)C)C(C)=O. The van der Waals surface area contributed by atoms with Crippen molar-refractivity contribution in [2.24, 2.45) is 0 Å². The second-order valence-electron chi connectivity index (χ2n) is 5.62. The summed E-state index contributed by atoms with van der Waals surface area (Å²) in [5, 5.41) is 3.86. The number of allylic oxidation sites excluding steroid dienone is 1. The first-order chi connectivity index (χ1) is 12.3. The Morgan fingerprint density at radius 3 is 2.62 bits per heavy atom. The lowest BCUT2D eigenvalue weighted by Gasteiger charge is -2.09. The van der Waals surface area contributed by atoms with Crippen molar-refractivity contribution in [3.8, 4) is 11.3 Å². The maximum atomic E-state index is 14.3. The van der Waals surface area contributed by atoms with Gasteiger partial charge in [-0.3, -0.25) is 4.79 Å². The number of carbonyl (C=O) groups is 2. The number of halogens is 2. The van der Waals surface area contributed by atoms with E-state index in [9.17, 15) is 14.0 Å². The van der Waals surface area contributed by atoms with E-state index in [4.69, 9.17) is 20.9 Å². The van der Waals surface area contributed by atoms with E-state index in [0.717, 1.165) is 0 Å². The number of ether oxygens (including phenoxy) is 1. The van der Waals surface area contributed by atoms with Crippen LogP contribution in [0.1, 0.15) is 30.0 Å². The van der Waals surface area contributed by atoms with Crippen LogP contribution >= 0.6 is 11.6 Å². The summed E-state index contributed by atoms with van der Waals surface area (Å²) in [5.41, 5.74) is -0.265. The zero-order valence-corrected chi connectivity index (χ0v) is 15.6. The lowest BCUT2D eigenvalue weighted by molar-refractivity contribution is -0.111. The third kappa shape index (κ3) is 3.94. The number of carbonyl (C=O) groups excluding carboxylic acids is 2. The molecule has 0 radical (unpaired) electrons. The molecule has 2 rings (SSSR count). The number of nitrogens with zero attached hydrogens (tertiary/aromatic N) is 2. The molecular formula is C18H18ClFN2O4. The number of ketones is 1. The molecule has 26 heavy (non-hydrogen) atoms. The van der Waals surface area contributed by atoms with Gasteiger partial charge in [0.15, 0.2) is 11.5 Å². The third-order valence-corrected chi connectivity index (χ3v) is 3.70. The molecule has 0 saturated carbocycles. The van der Waals surface area contributed by atoms with E-state index >= 15 is 0 Å². The van der Waals surface area contributed by atoms with Crippen molar-refractivity contribution >= 4 is 28.9 Å². The molecule has 1 aromatic carbocycles. The van der Waals surface area contributed by atoms with Crippen molar-refractivity contribution in [3.05, 3.63) is 46.6 Å². The summed E-state index contributed by atoms with van der Waals surface area (Å²) >= 11 is 6.09. The van der Waals surface area contributed by atoms with Crippen LogP contribution in [0.15, 0.2) is 28.9 Å². The van der Waals surface area contributed by atoms with E-state index in [2.05, 4.69) is 5.16 Å². The van der Waals surface area contributed by atoms with E-state index in [0.29, 0.717) is 0 Å². The maximum Gasteiger partial charge on any atom is 0.344 e. The number of Topliss-reactive ketones (excluding diaryl/α,β-unsaturated/α-hetero) is 1. The molecule has 1 heterocycles. The Hall–Kier alpha value is -2.67. The number of hydrogen-bond acceptors (Lipinski definition) is 6. The molecule has 0 amide bonds. The van der Waals surface area contributed by atoms with Gasteiger partial charge >= 0.3 is 5.97 Å². The predicted molar refractivity (Wildman–Crippen MR) is 95.2 cm³/mol. The Morgan fingerprint density at radius 2 is 2.08 bits per heavy atom. The Kier molecular flexibility index (Phi) is 6.15. The highest BCUT2D eigenvalue weighted by Crippen LogP contribution is 2.36. The van der Waals surface area contributed by atoms with Crippen molar-refractivity contribution in [1.82, 2.24) is 10.1 Å². The molecule has 0 atom stereocenters. The van der Waals surface area contributed by atoms with Crippen molar-refractivity contribution < 1.29 is 23.2 Å². The smallest absolute Gasteiger partial charge is 0.344 e. The summed E-state index contributed by atoms with van der Waals surface area (Å²) in [7, 11) is 3.41. The van der Waals surface area contributed by atoms with Crippen LogP contribution in [0, 0.1) is 5.82 Å². The average molecular weight is 381 g/mol. The fourth-order valence-electron chi connectivity index (χ4n) is 2.33. The van der Waals surface area contributed by atoms with Crippen LogP contribution in [-0.4, -0.2) is 42.5 Å². The summed E-state index contributed by atoms with van der Waals surface area (Å²) in [6.45, 7) is 3.03. The first-order valence-corrected chi connectivity index (χ1v) is 8.16. The molecule has 6 nitrogen and oxygen atoms in total. The van der Waals surface area contributed by atoms with Gasteiger partial charge in [0, 0.05) is 20.3 Å². The van der Waals surface area contributed by atoms with Crippen LogP contribution in [0.5, 0.6) is 0 Å². The largest absolute Gasteiger partial charge is 0.462 e. The number of hydrogen-bond donors (Lipinski definition) is 0. The van der Waals surface area contributed by atoms with Gasteiger partial charge in [0.2, 0.25) is 0 Å². The van der Waals surface area contributed by atoms with Gasteiger partial charge in [-0.15, -0.1) is 0 Å². The number of rotatable bonds is 6. The zero-order chi connectivity index (χ0) is 19.4. The summed E-state index contributed by atoms with van der Waals surface area (Å²) in [6.07, 6.45) is 1.48. The van der Waals surface area contributed by atoms with E-state index < -0.39 is 11.8 Å². The Balaban J connectivity index is 2.79. The number of esters is 1. The van der Waals surface area contributed by atoms with Gasteiger partial charge in [0.05, 0.1) is 22.8 Å². The molecule has 2 aromatic rings. The van der Waals surface area contributed by atoms with E-state index in [1.165, 1.54) is 31.3 Å². The molecule has 0 spiro atoms. The average Bonchev–Trinajstić information content (AvgIpc) is 2.96. The Morgan fingerprint density at radius 1 is 1.38 bits per heavy atom. The van der Waals surface area contributed by atoms with Crippen molar-refractivity contribution in [3.63, 3.8) is 0 Å². The molecule has 0 N–H and O–H groups in total. The molecule has 0 aliphatic carbocycles. The molecule has 0 fully saturated rings. The van der Waals surface area contributed by atoms with Gasteiger partial charge in [-0.2, -0.15) is 0 Å². The Bertz CT molecular complexity index is 854. The van der Waals surface area contributed by atoms with Gasteiger partial charge in [0.25, 0.3) is 0 Å². The first kappa shape index (κ1) is 19.7. The van der Waals surface area contributed by atoms with Crippen molar-refractivity contribution in [2.45, 2.75) is 13.8 Å². The topological polar surface area (TPSA) is 72.6 Å². The molecule has 0 saturated heterocycles. The molecule has 1 aromatic heterocycles. The molecule has 0 bridgehead atoms. The molecule has 8 heteroatoms. The quantitative estimate of drug-likeness (QED) is 0.560. The minimum absolute atomic E-state index is 0.0522. The van der Waals surface area contributed by atoms with Crippen molar-refractivity contribution in [2.75, 3.05) is 20.7 Å². The molecule has 138 valence electrons. The van der Waals surface area contributed by atoms with E-state index in [-0.39, 0.29) is 45.6 Å². The minimum atomic E-state index is -0.788. The van der Waals surface area contributed by atoms with Gasteiger partial charge in [-0.1, -0.05) is 22.8 Å². The monoisotopic (exact) mass is 380 g/mol. The highest BCUT2D eigenvalue weighted by Gasteiger charge is 2.31. The highest BCUT2D eigenvalue weighted by molar-refractivity contribution is 6.33. The van der Waals surface area contributed by atoms with Gasteiger partial charge in [0.1, 0.15) is 17.1 Å². The van der Waals surface area contributed by atoms with Crippen LogP contribution in [-0.2, 0) is 9.53 Å². The standard InChI is InChI=1S/C18H18ClFN2O4/c1-5-25-18(24)15-16(14-12(19)7-6-8-13(14)20)21-26-17(15)11(10(2)23)9-22(3)4/h6-9H,5H2,1-4H3/b11-9+. The fraction of sp³-hybridized carbons (Fsp3) is 0.278. The summed E-state index contributed by atoms with van der Waals surface area (Å²) in [6, 6.07) is 4.08. The summed E-state index contributed by atoms with van der Waals surface area (Å²) in [4.78, 5) is 26.2. The Labute approximate surface area is 155 Å². The van der Waals surface area contributed by atoms with Crippen molar-refractivity contribution in [1.29, 1.82) is 0 Å². The maximum absolute atomic E-state index is 14.3. The highest BCUT2D eigenvalue weighted by atomic mass is 35.5. The molecule has 0 aliphatic rings. The normalized spacial score (nSPS) is 11.4. The van der Waals surface area contributed by atoms with Crippen LogP contribution in [0.2, 0.25) is 5.02 Å². The van der Waals surface area contributed by atoms with E-state index in [1.807, 2.05) is 0 Å². The zero-order valence-electron chi connectivity index (χ0n) is 14.8. The number of benzene rings is 1. The van der Waals surface area contributed by atoms with Crippen LogP contribution in [0.3, 0.4) is 0 Å².